The summed E-state index contributed by atoms with van der Waals surface area (Å²) >= 11 is 5.81. The van der Waals surface area contributed by atoms with Crippen molar-refractivity contribution in [3.63, 3.8) is 0 Å². The number of hydrogen-bond acceptors (Lipinski definition) is 5. The van der Waals surface area contributed by atoms with E-state index in [1.165, 1.54) is 0 Å². The molecule has 7 nitrogen and oxygen atoms in total. The van der Waals surface area contributed by atoms with Gasteiger partial charge in [-0.3, -0.25) is 4.79 Å². The Kier molecular flexibility index (Phi) is 7.38. The Morgan fingerprint density at radius 1 is 1.18 bits per heavy atom. The first kappa shape index (κ1) is 24.0. The highest BCUT2D eigenvalue weighted by Gasteiger charge is 2.23. The molecule has 0 saturated carbocycles. The number of aromatic amines is 1. The summed E-state index contributed by atoms with van der Waals surface area (Å²) < 4.78 is 16.7. The molecule has 4 rings (SSSR count). The van der Waals surface area contributed by atoms with Gasteiger partial charge in [0.05, 0.1) is 38.1 Å². The van der Waals surface area contributed by atoms with Crippen LogP contribution in [0.3, 0.4) is 0 Å². The molecule has 0 unspecified atom stereocenters. The molecule has 1 saturated heterocycles. The third-order valence-corrected chi connectivity index (χ3v) is 6.63. The maximum Gasteiger partial charge on any atom is 0.253 e. The van der Waals surface area contributed by atoms with Crippen molar-refractivity contribution in [2.75, 3.05) is 32.7 Å². The van der Waals surface area contributed by atoms with Crippen LogP contribution in [-0.4, -0.2) is 48.5 Å². The van der Waals surface area contributed by atoms with Crippen molar-refractivity contribution in [2.45, 2.75) is 39.3 Å². The summed E-state index contributed by atoms with van der Waals surface area (Å²) in [4.78, 5) is 18.1. The fraction of sp³-hybridized carbons (Fsp3) is 0.385. The minimum atomic E-state index is -0.108. The van der Waals surface area contributed by atoms with Gasteiger partial charge in [-0.2, -0.15) is 0 Å². The van der Waals surface area contributed by atoms with Gasteiger partial charge in [-0.25, -0.2) is 0 Å². The predicted octanol–water partition coefficient (Wildman–Crippen LogP) is 4.54. The zero-order chi connectivity index (χ0) is 24.2. The van der Waals surface area contributed by atoms with Gasteiger partial charge in [-0.15, -0.1) is 0 Å². The summed E-state index contributed by atoms with van der Waals surface area (Å²) in [5.41, 5.74) is 4.32. The zero-order valence-electron chi connectivity index (χ0n) is 20.1. The molecular formula is C26H31N3O4S. The van der Waals surface area contributed by atoms with E-state index in [9.17, 15) is 4.79 Å². The van der Waals surface area contributed by atoms with Crippen molar-refractivity contribution in [2.24, 2.45) is 0 Å². The Hall–Kier alpha value is -3.10. The first-order chi connectivity index (χ1) is 16.4. The van der Waals surface area contributed by atoms with Crippen LogP contribution < -0.4 is 20.3 Å². The first-order valence-corrected chi connectivity index (χ1v) is 11.8. The van der Waals surface area contributed by atoms with Crippen molar-refractivity contribution >= 4 is 33.9 Å². The summed E-state index contributed by atoms with van der Waals surface area (Å²) in [7, 11) is 3.21. The number of ether oxygens (including phenoxy) is 3. The maximum absolute atomic E-state index is 13.0. The summed E-state index contributed by atoms with van der Waals surface area (Å²) in [6, 6.07) is 11.6. The van der Waals surface area contributed by atoms with Crippen LogP contribution in [-0.2, 0) is 11.3 Å². The van der Waals surface area contributed by atoms with E-state index >= 15 is 0 Å². The lowest BCUT2D eigenvalue weighted by molar-refractivity contribution is 0.0904. The van der Waals surface area contributed by atoms with Crippen LogP contribution >= 0.6 is 12.2 Å². The average Bonchev–Trinajstić information content (AvgIpc) is 3.35. The van der Waals surface area contributed by atoms with Crippen LogP contribution in [0.4, 0.5) is 5.69 Å². The fourth-order valence-electron chi connectivity index (χ4n) is 4.29. The van der Waals surface area contributed by atoms with E-state index in [-0.39, 0.29) is 11.7 Å². The lowest BCUT2D eigenvalue weighted by Crippen LogP contribution is -2.40. The van der Waals surface area contributed by atoms with Crippen LogP contribution in [0.25, 0.3) is 10.9 Å². The van der Waals surface area contributed by atoms with Crippen molar-refractivity contribution in [3.05, 3.63) is 63.4 Å². The molecule has 34 heavy (non-hydrogen) atoms. The fourth-order valence-corrected chi connectivity index (χ4v) is 4.54. The number of thiocarbonyl (C=S) groups is 1. The molecule has 8 heteroatoms. The smallest absolute Gasteiger partial charge is 0.253 e. The molecule has 0 amide bonds. The molecule has 1 atom stereocenters. The summed E-state index contributed by atoms with van der Waals surface area (Å²) in [6.07, 6.45) is 2.07. The quantitative estimate of drug-likeness (QED) is 0.480. The lowest BCUT2D eigenvalue weighted by atomic mass is 10.0. The minimum absolute atomic E-state index is 0.0704. The van der Waals surface area contributed by atoms with E-state index in [1.54, 1.807) is 20.3 Å². The number of benzene rings is 2. The van der Waals surface area contributed by atoms with E-state index in [0.29, 0.717) is 35.3 Å². The third-order valence-electron chi connectivity index (χ3n) is 6.27. The molecule has 2 heterocycles. The molecular weight excluding hydrogens is 450 g/mol. The number of rotatable bonds is 7. The van der Waals surface area contributed by atoms with Gasteiger partial charge in [0.15, 0.2) is 5.11 Å². The number of hydrogen-bond donors (Lipinski definition) is 2. The Morgan fingerprint density at radius 3 is 2.68 bits per heavy atom. The number of anilines is 1. The summed E-state index contributed by atoms with van der Waals surface area (Å²) in [6.45, 7) is 5.76. The van der Waals surface area contributed by atoms with Gasteiger partial charge in [0.1, 0.15) is 11.5 Å². The van der Waals surface area contributed by atoms with Crippen LogP contribution in [0, 0.1) is 13.8 Å². The second kappa shape index (κ2) is 10.4. The molecule has 3 aromatic rings. The van der Waals surface area contributed by atoms with Crippen molar-refractivity contribution in [1.82, 2.24) is 9.88 Å². The number of nitrogens with zero attached hydrogens (tertiary/aromatic N) is 1. The second-order valence-electron chi connectivity index (χ2n) is 8.62. The number of H-pyrrole nitrogens is 1. The minimum Gasteiger partial charge on any atom is -0.497 e. The van der Waals surface area contributed by atoms with Crippen molar-refractivity contribution < 1.29 is 14.2 Å². The number of aryl methyl sites for hydroxylation is 2. The first-order valence-electron chi connectivity index (χ1n) is 11.4. The van der Waals surface area contributed by atoms with E-state index in [1.807, 2.05) is 36.1 Å². The molecule has 1 aliphatic heterocycles. The van der Waals surface area contributed by atoms with Crippen LogP contribution in [0.2, 0.25) is 0 Å². The van der Waals surface area contributed by atoms with Gasteiger partial charge in [-0.05, 0) is 68.2 Å². The Balaban J connectivity index is 1.64. The number of methoxy groups -OCH3 is 2. The maximum atomic E-state index is 13.0. The highest BCUT2D eigenvalue weighted by Crippen LogP contribution is 2.29. The van der Waals surface area contributed by atoms with Gasteiger partial charge in [0.25, 0.3) is 5.56 Å². The second-order valence-corrected chi connectivity index (χ2v) is 9.01. The standard InChI is InChI=1S/C26H31N3O4S/c1-16-7-8-17(2)24-21(16)12-18(25(30)28-24)14-29(15-20-6-5-11-33-20)26(34)27-22-10-9-19(31-3)13-23(22)32-4/h7-10,12-13,20H,5-6,11,14-15H2,1-4H3,(H,27,34)(H,28,30)/t20-/m1/s1. The largest absolute Gasteiger partial charge is 0.497 e. The number of nitrogens with one attached hydrogen (secondary N) is 2. The highest BCUT2D eigenvalue weighted by molar-refractivity contribution is 7.80. The monoisotopic (exact) mass is 481 g/mol. The number of pyridine rings is 1. The van der Waals surface area contributed by atoms with Crippen LogP contribution in [0.1, 0.15) is 29.5 Å². The van der Waals surface area contributed by atoms with Crippen LogP contribution in [0.5, 0.6) is 11.5 Å². The van der Waals surface area contributed by atoms with Crippen molar-refractivity contribution in [3.8, 4) is 11.5 Å². The third kappa shape index (κ3) is 5.18. The van der Waals surface area contributed by atoms with Gasteiger partial charge in [0.2, 0.25) is 0 Å². The Labute approximate surface area is 205 Å². The average molecular weight is 482 g/mol. The van der Waals surface area contributed by atoms with Crippen molar-refractivity contribution in [1.29, 1.82) is 0 Å². The molecule has 0 aliphatic carbocycles. The van der Waals surface area contributed by atoms with Crippen LogP contribution in [0.15, 0.2) is 41.2 Å². The molecule has 2 N–H and O–H groups in total. The summed E-state index contributed by atoms with van der Waals surface area (Å²) in [5.74, 6) is 1.31. The highest BCUT2D eigenvalue weighted by atomic mass is 32.1. The Morgan fingerprint density at radius 2 is 1.97 bits per heavy atom. The van der Waals surface area contributed by atoms with Gasteiger partial charge in [-0.1, -0.05) is 12.1 Å². The Bertz CT molecular complexity index is 1250. The van der Waals surface area contributed by atoms with E-state index in [0.717, 1.165) is 47.2 Å². The molecule has 0 spiro atoms. The SMILES string of the molecule is COc1ccc(NC(=S)N(Cc2cc3c(C)ccc(C)c3[nH]c2=O)C[C@H]2CCCO2)c(OC)c1. The lowest BCUT2D eigenvalue weighted by Gasteiger charge is -2.28. The number of fused-ring (bicyclic) bond motifs is 1. The van der Waals surface area contributed by atoms with Gasteiger partial charge in [0, 0.05) is 30.2 Å². The van der Waals surface area contributed by atoms with Gasteiger partial charge >= 0.3 is 0 Å². The zero-order valence-corrected chi connectivity index (χ0v) is 20.9. The molecule has 1 fully saturated rings. The molecule has 0 bridgehead atoms. The molecule has 2 aromatic carbocycles. The normalized spacial score (nSPS) is 15.4. The van der Waals surface area contributed by atoms with E-state index in [4.69, 9.17) is 26.4 Å². The molecule has 1 aromatic heterocycles. The molecule has 180 valence electrons. The molecule has 0 radical (unpaired) electrons. The number of aromatic nitrogens is 1. The summed E-state index contributed by atoms with van der Waals surface area (Å²) in [5, 5.41) is 4.84. The predicted molar refractivity (Wildman–Crippen MR) is 139 cm³/mol. The topological polar surface area (TPSA) is 75.8 Å². The van der Waals surface area contributed by atoms with Gasteiger partial charge < -0.3 is 29.4 Å². The molecule has 1 aliphatic rings. The van der Waals surface area contributed by atoms with E-state index in [2.05, 4.69) is 23.3 Å². The van der Waals surface area contributed by atoms with E-state index < -0.39 is 0 Å².